The summed E-state index contributed by atoms with van der Waals surface area (Å²) in [4.78, 5) is 30.2. The van der Waals surface area contributed by atoms with E-state index in [1.54, 1.807) is 41.5 Å². The molecule has 0 bridgehead atoms. The van der Waals surface area contributed by atoms with Crippen LogP contribution in [0.5, 0.6) is 5.75 Å². The van der Waals surface area contributed by atoms with Gasteiger partial charge in [0.2, 0.25) is 0 Å². The maximum Gasteiger partial charge on any atom is 0.335 e. The zero-order valence-electron chi connectivity index (χ0n) is 16.3. The van der Waals surface area contributed by atoms with Crippen LogP contribution in [0.4, 0.5) is 5.69 Å². The van der Waals surface area contributed by atoms with Crippen molar-refractivity contribution in [1.82, 2.24) is 4.98 Å². The Balaban J connectivity index is 1.64. The second kappa shape index (κ2) is 8.64. The molecule has 1 amide bonds. The lowest BCUT2D eigenvalue weighted by Crippen LogP contribution is -2.38. The molecule has 0 unspecified atom stereocenters. The SMILES string of the molecule is COCCc1nc(-c2ccc3c(c2)N(Cc2cccc(C(=O)O)c2)C(=O)CO3)cs1. The first-order chi connectivity index (χ1) is 14.5. The van der Waals surface area contributed by atoms with Gasteiger partial charge in [0.25, 0.3) is 5.91 Å². The van der Waals surface area contributed by atoms with Crippen molar-refractivity contribution < 1.29 is 24.2 Å². The standard InChI is InChI=1S/C22H20N2O5S/c1-28-8-7-20-23-17(13-30-20)15-5-6-19-18(10-15)24(21(25)12-29-19)11-14-3-2-4-16(9-14)22(26)27/h2-6,9-10,13H,7-8,11-12H2,1H3,(H,26,27). The lowest BCUT2D eigenvalue weighted by molar-refractivity contribution is -0.121. The summed E-state index contributed by atoms with van der Waals surface area (Å²) in [6.07, 6.45) is 0.750. The highest BCUT2D eigenvalue weighted by Gasteiger charge is 2.26. The van der Waals surface area contributed by atoms with Crippen molar-refractivity contribution in [1.29, 1.82) is 0 Å². The van der Waals surface area contributed by atoms with Crippen molar-refractivity contribution in [3.05, 3.63) is 64.0 Å². The number of hydrogen-bond acceptors (Lipinski definition) is 6. The molecule has 0 spiro atoms. The molecular weight excluding hydrogens is 404 g/mol. The van der Waals surface area contributed by atoms with Gasteiger partial charge in [-0.3, -0.25) is 4.79 Å². The lowest BCUT2D eigenvalue weighted by atomic mass is 10.1. The Hall–Kier alpha value is -3.23. The van der Waals surface area contributed by atoms with E-state index in [-0.39, 0.29) is 24.6 Å². The summed E-state index contributed by atoms with van der Waals surface area (Å²) in [5.41, 5.74) is 3.29. The number of carboxylic acid groups (broad SMARTS) is 1. The van der Waals surface area contributed by atoms with E-state index in [1.165, 1.54) is 6.07 Å². The maximum absolute atomic E-state index is 12.6. The summed E-state index contributed by atoms with van der Waals surface area (Å²) in [6, 6.07) is 12.3. The molecule has 1 aromatic heterocycles. The predicted molar refractivity (Wildman–Crippen MR) is 113 cm³/mol. The molecule has 0 atom stereocenters. The van der Waals surface area contributed by atoms with Gasteiger partial charge < -0.3 is 19.5 Å². The van der Waals surface area contributed by atoms with Gasteiger partial charge in [0, 0.05) is 24.5 Å². The molecule has 0 saturated carbocycles. The number of ether oxygens (including phenoxy) is 2. The molecule has 3 aromatic rings. The normalized spacial score (nSPS) is 13.1. The molecule has 7 nitrogen and oxygen atoms in total. The van der Waals surface area contributed by atoms with Crippen LogP contribution in [-0.2, 0) is 22.5 Å². The lowest BCUT2D eigenvalue weighted by Gasteiger charge is -2.30. The third-order valence-corrected chi connectivity index (χ3v) is 5.69. The van der Waals surface area contributed by atoms with Crippen LogP contribution in [0.15, 0.2) is 47.8 Å². The molecule has 0 radical (unpaired) electrons. The number of nitrogens with zero attached hydrogens (tertiary/aromatic N) is 2. The van der Waals surface area contributed by atoms with E-state index >= 15 is 0 Å². The molecule has 1 N–H and O–H groups in total. The number of amides is 1. The predicted octanol–water partition coefficient (Wildman–Crippen LogP) is 3.62. The number of aromatic nitrogens is 1. The Morgan fingerprint density at radius 2 is 2.17 bits per heavy atom. The largest absolute Gasteiger partial charge is 0.482 e. The fraction of sp³-hybridized carbons (Fsp3) is 0.227. The highest BCUT2D eigenvalue weighted by atomic mass is 32.1. The van der Waals surface area contributed by atoms with E-state index in [0.717, 1.165) is 28.2 Å². The van der Waals surface area contributed by atoms with Crippen LogP contribution >= 0.6 is 11.3 Å². The minimum absolute atomic E-state index is 0.0527. The molecule has 30 heavy (non-hydrogen) atoms. The third-order valence-electron chi connectivity index (χ3n) is 4.78. The molecule has 0 saturated heterocycles. The molecule has 1 aliphatic rings. The Labute approximate surface area is 177 Å². The van der Waals surface area contributed by atoms with Crippen molar-refractivity contribution in [2.24, 2.45) is 0 Å². The second-order valence-corrected chi connectivity index (χ2v) is 7.77. The van der Waals surface area contributed by atoms with Gasteiger partial charge in [-0.1, -0.05) is 12.1 Å². The number of methoxy groups -OCH3 is 1. The Morgan fingerprint density at radius 3 is 2.97 bits per heavy atom. The zero-order chi connectivity index (χ0) is 21.1. The number of thiazole rings is 1. The fourth-order valence-electron chi connectivity index (χ4n) is 3.27. The molecular formula is C22H20N2O5S. The van der Waals surface area contributed by atoms with Crippen molar-refractivity contribution in [2.45, 2.75) is 13.0 Å². The van der Waals surface area contributed by atoms with Crippen LogP contribution in [0.1, 0.15) is 20.9 Å². The molecule has 8 heteroatoms. The zero-order valence-corrected chi connectivity index (χ0v) is 17.1. The molecule has 4 rings (SSSR count). The number of rotatable bonds is 7. The summed E-state index contributed by atoms with van der Waals surface area (Å²) in [6.45, 7) is 0.821. The van der Waals surface area contributed by atoms with Crippen molar-refractivity contribution >= 4 is 28.9 Å². The minimum atomic E-state index is -0.999. The van der Waals surface area contributed by atoms with E-state index in [2.05, 4.69) is 4.98 Å². The van der Waals surface area contributed by atoms with Crippen molar-refractivity contribution in [3.8, 4) is 17.0 Å². The number of anilines is 1. The first-order valence-corrected chi connectivity index (χ1v) is 10.3. The smallest absolute Gasteiger partial charge is 0.335 e. The highest BCUT2D eigenvalue weighted by Crippen LogP contribution is 2.37. The average Bonchev–Trinajstić information content (AvgIpc) is 3.23. The number of aromatic carboxylic acids is 1. The van der Waals surface area contributed by atoms with Crippen LogP contribution in [0, 0.1) is 0 Å². The van der Waals surface area contributed by atoms with Gasteiger partial charge in [0.1, 0.15) is 5.75 Å². The molecule has 2 heterocycles. The Morgan fingerprint density at radius 1 is 1.30 bits per heavy atom. The van der Waals surface area contributed by atoms with Gasteiger partial charge in [-0.05, 0) is 35.9 Å². The van der Waals surface area contributed by atoms with Gasteiger partial charge in [0.05, 0.1) is 35.1 Å². The summed E-state index contributed by atoms with van der Waals surface area (Å²) in [5.74, 6) is -0.567. The number of benzene rings is 2. The fourth-order valence-corrected chi connectivity index (χ4v) is 4.06. The van der Waals surface area contributed by atoms with E-state index in [9.17, 15) is 14.7 Å². The first-order valence-electron chi connectivity index (χ1n) is 9.38. The number of fused-ring (bicyclic) bond motifs is 1. The Kier molecular flexibility index (Phi) is 5.78. The first kappa shape index (κ1) is 20.1. The number of carbonyl (C=O) groups is 2. The van der Waals surface area contributed by atoms with Crippen LogP contribution in [0.25, 0.3) is 11.3 Å². The number of carboxylic acids is 1. The number of hydrogen-bond donors (Lipinski definition) is 1. The van der Waals surface area contributed by atoms with Gasteiger partial charge in [-0.25, -0.2) is 9.78 Å². The molecule has 1 aliphatic heterocycles. The maximum atomic E-state index is 12.6. The molecule has 0 aliphatic carbocycles. The van der Waals surface area contributed by atoms with Crippen LogP contribution in [0.3, 0.4) is 0 Å². The third kappa shape index (κ3) is 4.19. The summed E-state index contributed by atoms with van der Waals surface area (Å²) in [7, 11) is 1.66. The quantitative estimate of drug-likeness (QED) is 0.623. The van der Waals surface area contributed by atoms with Crippen LogP contribution in [0.2, 0.25) is 0 Å². The van der Waals surface area contributed by atoms with Crippen molar-refractivity contribution in [2.75, 3.05) is 25.2 Å². The Bertz CT molecular complexity index is 1090. The van der Waals surface area contributed by atoms with Gasteiger partial charge in [-0.2, -0.15) is 0 Å². The summed E-state index contributed by atoms with van der Waals surface area (Å²) < 4.78 is 10.7. The van der Waals surface area contributed by atoms with Crippen LogP contribution < -0.4 is 9.64 Å². The van der Waals surface area contributed by atoms with Crippen molar-refractivity contribution in [3.63, 3.8) is 0 Å². The second-order valence-electron chi connectivity index (χ2n) is 6.83. The van der Waals surface area contributed by atoms with Crippen LogP contribution in [-0.4, -0.2) is 42.3 Å². The minimum Gasteiger partial charge on any atom is -0.482 e. The van der Waals surface area contributed by atoms with E-state index in [4.69, 9.17) is 9.47 Å². The molecule has 0 fully saturated rings. The summed E-state index contributed by atoms with van der Waals surface area (Å²) in [5, 5.41) is 12.2. The topological polar surface area (TPSA) is 89.0 Å². The van der Waals surface area contributed by atoms with E-state index < -0.39 is 5.97 Å². The van der Waals surface area contributed by atoms with E-state index in [1.807, 2.05) is 23.6 Å². The van der Waals surface area contributed by atoms with Gasteiger partial charge in [-0.15, -0.1) is 11.3 Å². The summed E-state index contributed by atoms with van der Waals surface area (Å²) >= 11 is 1.57. The van der Waals surface area contributed by atoms with Gasteiger partial charge >= 0.3 is 5.97 Å². The molecule has 2 aromatic carbocycles. The average molecular weight is 424 g/mol. The number of carbonyl (C=O) groups excluding carboxylic acids is 1. The van der Waals surface area contributed by atoms with E-state index in [0.29, 0.717) is 18.0 Å². The molecule has 154 valence electrons. The monoisotopic (exact) mass is 424 g/mol. The highest BCUT2D eigenvalue weighted by molar-refractivity contribution is 7.09. The van der Waals surface area contributed by atoms with Gasteiger partial charge in [0.15, 0.2) is 6.61 Å².